The average Bonchev–Trinajstić information content (AvgIpc) is 2.97. The smallest absolute Gasteiger partial charge is 0.168 e. The van der Waals surface area contributed by atoms with E-state index in [1.807, 2.05) is 12.1 Å². The van der Waals surface area contributed by atoms with E-state index in [9.17, 15) is 0 Å². The van der Waals surface area contributed by atoms with Crippen molar-refractivity contribution in [3.8, 4) is 5.75 Å². The summed E-state index contributed by atoms with van der Waals surface area (Å²) in [5.74, 6) is 0.686. The molecule has 4 nitrogen and oxygen atoms in total. The Morgan fingerprint density at radius 2 is 1.96 bits per heavy atom. The lowest BCUT2D eigenvalue weighted by Gasteiger charge is -2.31. The largest absolute Gasteiger partial charge is 0.494 e. The van der Waals surface area contributed by atoms with E-state index in [1.54, 1.807) is 0 Å². The number of rotatable bonds is 7. The van der Waals surface area contributed by atoms with Gasteiger partial charge < -0.3 is 19.5 Å². The second-order valence-electron chi connectivity index (χ2n) is 6.65. The van der Waals surface area contributed by atoms with Crippen LogP contribution in [0.4, 0.5) is 0 Å². The fraction of sp³-hybridized carbons (Fsp3) is 0.684. The molecular weight excluding hydrogens is 290 g/mol. The summed E-state index contributed by atoms with van der Waals surface area (Å²) in [5, 5.41) is 3.48. The van der Waals surface area contributed by atoms with Gasteiger partial charge in [0.25, 0.3) is 0 Å². The van der Waals surface area contributed by atoms with Gasteiger partial charge >= 0.3 is 0 Å². The summed E-state index contributed by atoms with van der Waals surface area (Å²) in [6, 6.07) is 8.32. The van der Waals surface area contributed by atoms with Crippen LogP contribution in [-0.4, -0.2) is 31.6 Å². The first-order valence-electron chi connectivity index (χ1n) is 9.04. The van der Waals surface area contributed by atoms with Crippen LogP contribution in [0, 0.1) is 0 Å². The van der Waals surface area contributed by atoms with Crippen LogP contribution < -0.4 is 10.1 Å². The molecule has 1 spiro atoms. The van der Waals surface area contributed by atoms with E-state index in [4.69, 9.17) is 14.2 Å². The normalized spacial score (nSPS) is 23.3. The zero-order valence-corrected chi connectivity index (χ0v) is 14.2. The Bertz CT molecular complexity index is 468. The van der Waals surface area contributed by atoms with Crippen molar-refractivity contribution in [3.05, 3.63) is 29.8 Å². The summed E-state index contributed by atoms with van der Waals surface area (Å²) in [6.07, 6.45) is 7.11. The predicted octanol–water partition coefficient (Wildman–Crippen LogP) is 3.64. The number of hydrogen-bond donors (Lipinski definition) is 1. The first-order chi connectivity index (χ1) is 11.3. The molecule has 1 N–H and O–H groups in total. The fourth-order valence-electron chi connectivity index (χ4n) is 3.37. The summed E-state index contributed by atoms with van der Waals surface area (Å²) in [6.45, 7) is 5.30. The van der Waals surface area contributed by atoms with Crippen molar-refractivity contribution in [1.82, 2.24) is 5.32 Å². The lowest BCUT2D eigenvalue weighted by atomic mass is 9.94. The van der Waals surface area contributed by atoms with Gasteiger partial charge in [-0.1, -0.05) is 25.5 Å². The second kappa shape index (κ2) is 8.13. The maximum absolute atomic E-state index is 6.19. The van der Waals surface area contributed by atoms with Gasteiger partial charge in [-0.15, -0.1) is 0 Å². The van der Waals surface area contributed by atoms with Crippen molar-refractivity contribution < 1.29 is 14.2 Å². The van der Waals surface area contributed by atoms with Crippen LogP contribution >= 0.6 is 0 Å². The third kappa shape index (κ3) is 4.69. The average molecular weight is 319 g/mol. The molecule has 2 fully saturated rings. The van der Waals surface area contributed by atoms with Gasteiger partial charge in [0.2, 0.25) is 0 Å². The topological polar surface area (TPSA) is 39.7 Å². The zero-order chi connectivity index (χ0) is 16.0. The molecule has 0 radical (unpaired) electrons. The quantitative estimate of drug-likeness (QED) is 0.833. The Hall–Kier alpha value is -1.10. The van der Waals surface area contributed by atoms with Gasteiger partial charge in [0, 0.05) is 25.9 Å². The second-order valence-corrected chi connectivity index (χ2v) is 6.65. The van der Waals surface area contributed by atoms with E-state index < -0.39 is 0 Å². The van der Waals surface area contributed by atoms with E-state index >= 15 is 0 Å². The van der Waals surface area contributed by atoms with Crippen LogP contribution in [0.2, 0.25) is 0 Å². The molecule has 23 heavy (non-hydrogen) atoms. The van der Waals surface area contributed by atoms with Crippen molar-refractivity contribution in [2.24, 2.45) is 0 Å². The van der Waals surface area contributed by atoms with Gasteiger partial charge in [-0.25, -0.2) is 0 Å². The molecule has 1 atom stereocenters. The molecule has 1 aliphatic heterocycles. The Morgan fingerprint density at radius 1 is 1.17 bits per heavy atom. The van der Waals surface area contributed by atoms with E-state index in [-0.39, 0.29) is 11.9 Å². The lowest BCUT2D eigenvalue weighted by molar-refractivity contribution is -0.186. The van der Waals surface area contributed by atoms with E-state index in [1.165, 1.54) is 24.8 Å². The van der Waals surface area contributed by atoms with Gasteiger partial charge in [-0.3, -0.25) is 0 Å². The molecule has 0 amide bonds. The minimum Gasteiger partial charge on any atom is -0.494 e. The maximum atomic E-state index is 6.19. The minimum atomic E-state index is -0.261. The monoisotopic (exact) mass is 319 g/mol. The third-order valence-corrected chi connectivity index (χ3v) is 4.63. The molecule has 0 bridgehead atoms. The van der Waals surface area contributed by atoms with E-state index in [0.29, 0.717) is 0 Å². The molecule has 1 aromatic rings. The molecule has 128 valence electrons. The molecule has 1 saturated carbocycles. The predicted molar refractivity (Wildman–Crippen MR) is 90.6 cm³/mol. The van der Waals surface area contributed by atoms with Crippen LogP contribution in [0.5, 0.6) is 5.75 Å². The molecule has 1 saturated heterocycles. The van der Waals surface area contributed by atoms with Crippen LogP contribution in [-0.2, 0) is 16.0 Å². The first kappa shape index (κ1) is 16.7. The molecule has 1 aliphatic carbocycles. The van der Waals surface area contributed by atoms with Crippen molar-refractivity contribution in [3.63, 3.8) is 0 Å². The summed E-state index contributed by atoms with van der Waals surface area (Å²) in [7, 11) is 0. The fourth-order valence-corrected chi connectivity index (χ4v) is 3.37. The summed E-state index contributed by atoms with van der Waals surface area (Å²) >= 11 is 0. The number of benzene rings is 1. The van der Waals surface area contributed by atoms with Crippen molar-refractivity contribution in [2.45, 2.75) is 63.9 Å². The highest BCUT2D eigenvalue weighted by atomic mass is 16.7. The van der Waals surface area contributed by atoms with Gasteiger partial charge in [0.05, 0.1) is 19.3 Å². The van der Waals surface area contributed by atoms with Crippen LogP contribution in [0.3, 0.4) is 0 Å². The molecule has 1 aromatic carbocycles. The highest BCUT2D eigenvalue weighted by Crippen LogP contribution is 2.37. The highest BCUT2D eigenvalue weighted by molar-refractivity contribution is 5.27. The van der Waals surface area contributed by atoms with Crippen LogP contribution in [0.25, 0.3) is 0 Å². The van der Waals surface area contributed by atoms with Gasteiger partial charge in [-0.2, -0.15) is 0 Å². The first-order valence-corrected chi connectivity index (χ1v) is 9.04. The van der Waals surface area contributed by atoms with Gasteiger partial charge in [0.1, 0.15) is 5.75 Å². The Kier molecular flexibility index (Phi) is 5.92. The van der Waals surface area contributed by atoms with Crippen molar-refractivity contribution >= 4 is 0 Å². The molecule has 0 aromatic heterocycles. The third-order valence-electron chi connectivity index (χ3n) is 4.63. The summed E-state index contributed by atoms with van der Waals surface area (Å²) < 4.78 is 17.8. The Balaban J connectivity index is 1.38. The van der Waals surface area contributed by atoms with Crippen LogP contribution in [0.1, 0.15) is 51.0 Å². The number of ether oxygens (including phenoxy) is 3. The molecule has 4 heteroatoms. The number of nitrogens with one attached hydrogen (secondary N) is 1. The van der Waals surface area contributed by atoms with Gasteiger partial charge in [-0.05, 0) is 37.0 Å². The molecular formula is C19H29NO3. The van der Waals surface area contributed by atoms with Crippen molar-refractivity contribution in [1.29, 1.82) is 0 Å². The molecule has 2 aliphatic rings. The standard InChI is InChI=1S/C19H29NO3/c1-2-12-21-17-8-6-16(7-9-17)13-20-14-18-15-22-19(23-18)10-4-3-5-11-19/h6-9,18,20H,2-5,10-15H2,1H3/t18-/m0/s1. The summed E-state index contributed by atoms with van der Waals surface area (Å²) in [4.78, 5) is 0. The number of hydrogen-bond acceptors (Lipinski definition) is 4. The maximum Gasteiger partial charge on any atom is 0.168 e. The van der Waals surface area contributed by atoms with E-state index in [2.05, 4.69) is 24.4 Å². The van der Waals surface area contributed by atoms with Crippen molar-refractivity contribution in [2.75, 3.05) is 19.8 Å². The summed E-state index contributed by atoms with van der Waals surface area (Å²) in [5.41, 5.74) is 1.26. The molecule has 3 rings (SSSR count). The minimum absolute atomic E-state index is 0.181. The lowest BCUT2D eigenvalue weighted by Crippen LogP contribution is -2.35. The van der Waals surface area contributed by atoms with Gasteiger partial charge in [0.15, 0.2) is 5.79 Å². The molecule has 0 unspecified atom stereocenters. The molecule has 1 heterocycles. The Labute approximate surface area is 139 Å². The SMILES string of the molecule is CCCOc1ccc(CNC[C@H]2COC3(CCCCC3)O2)cc1. The highest BCUT2D eigenvalue weighted by Gasteiger charge is 2.41. The zero-order valence-electron chi connectivity index (χ0n) is 14.2. The Morgan fingerprint density at radius 3 is 2.70 bits per heavy atom. The van der Waals surface area contributed by atoms with Crippen LogP contribution in [0.15, 0.2) is 24.3 Å². The van der Waals surface area contributed by atoms with E-state index in [0.717, 1.165) is 51.3 Å².